The zero-order valence-electron chi connectivity index (χ0n) is 10.9. The van der Waals surface area contributed by atoms with E-state index in [2.05, 4.69) is 69.3 Å². The van der Waals surface area contributed by atoms with Gasteiger partial charge in [-0.2, -0.15) is 0 Å². The Bertz CT molecular complexity index is 334. The lowest BCUT2D eigenvalue weighted by Crippen LogP contribution is -2.20. The van der Waals surface area contributed by atoms with Crippen LogP contribution in [0, 0.1) is 5.41 Å². The van der Waals surface area contributed by atoms with Crippen LogP contribution in [-0.2, 0) is 13.0 Å². The maximum Gasteiger partial charge on any atom is 0.0383 e. The molecule has 0 saturated heterocycles. The SMILES string of the molecule is CC(C)(C)Cc1ccn(CC(C)(C)SS)c1. The second kappa shape index (κ2) is 5.09. The number of rotatable bonds is 4. The molecular formula is C13H23NS2. The highest BCUT2D eigenvalue weighted by atomic mass is 33.1. The maximum absolute atomic E-state index is 4.31. The summed E-state index contributed by atoms with van der Waals surface area (Å²) < 4.78 is 2.45. The number of thiol groups is 1. The predicted molar refractivity (Wildman–Crippen MR) is 78.2 cm³/mol. The van der Waals surface area contributed by atoms with Crippen LogP contribution in [0.5, 0.6) is 0 Å². The Hall–Kier alpha value is -0.0200. The second-order valence-corrected chi connectivity index (χ2v) is 8.12. The molecule has 0 aliphatic carbocycles. The molecule has 1 heterocycles. The summed E-state index contributed by atoms with van der Waals surface area (Å²) in [6, 6.07) is 2.23. The van der Waals surface area contributed by atoms with E-state index in [-0.39, 0.29) is 4.75 Å². The zero-order valence-corrected chi connectivity index (χ0v) is 12.7. The van der Waals surface area contributed by atoms with E-state index in [0.29, 0.717) is 5.41 Å². The van der Waals surface area contributed by atoms with Crippen LogP contribution in [0.1, 0.15) is 40.2 Å². The third kappa shape index (κ3) is 4.88. The van der Waals surface area contributed by atoms with Crippen molar-refractivity contribution in [1.82, 2.24) is 4.57 Å². The Morgan fingerprint density at radius 1 is 1.25 bits per heavy atom. The van der Waals surface area contributed by atoms with Crippen molar-refractivity contribution < 1.29 is 0 Å². The van der Waals surface area contributed by atoms with Gasteiger partial charge in [-0.25, -0.2) is 0 Å². The second-order valence-electron chi connectivity index (χ2n) is 6.28. The lowest BCUT2D eigenvalue weighted by molar-refractivity contribution is 0.411. The fourth-order valence-electron chi connectivity index (χ4n) is 1.77. The van der Waals surface area contributed by atoms with Gasteiger partial charge >= 0.3 is 0 Å². The molecule has 0 bridgehead atoms. The van der Waals surface area contributed by atoms with E-state index in [1.165, 1.54) is 5.56 Å². The molecule has 0 N–H and O–H groups in total. The molecule has 16 heavy (non-hydrogen) atoms. The summed E-state index contributed by atoms with van der Waals surface area (Å²) in [6.45, 7) is 12.3. The van der Waals surface area contributed by atoms with Crippen molar-refractivity contribution >= 4 is 22.5 Å². The van der Waals surface area contributed by atoms with E-state index in [9.17, 15) is 0 Å². The summed E-state index contributed by atoms with van der Waals surface area (Å²) >= 11 is 4.31. The van der Waals surface area contributed by atoms with Crippen LogP contribution in [0.15, 0.2) is 18.5 Å². The minimum atomic E-state index is 0.182. The van der Waals surface area contributed by atoms with Crippen molar-refractivity contribution in [3.8, 4) is 0 Å². The monoisotopic (exact) mass is 257 g/mol. The van der Waals surface area contributed by atoms with Crippen LogP contribution in [0.4, 0.5) is 0 Å². The van der Waals surface area contributed by atoms with Crippen LogP contribution in [0.3, 0.4) is 0 Å². The molecule has 1 rings (SSSR count). The lowest BCUT2D eigenvalue weighted by atomic mass is 9.89. The predicted octanol–water partition coefficient (Wildman–Crippen LogP) is 4.43. The molecule has 1 aromatic heterocycles. The van der Waals surface area contributed by atoms with E-state index in [4.69, 9.17) is 0 Å². The van der Waals surface area contributed by atoms with Gasteiger partial charge in [0.05, 0.1) is 0 Å². The summed E-state index contributed by atoms with van der Waals surface area (Å²) in [5.74, 6) is 0. The first kappa shape index (κ1) is 14.0. The van der Waals surface area contributed by atoms with Crippen molar-refractivity contribution in [2.75, 3.05) is 0 Å². The molecule has 1 aromatic rings. The summed E-state index contributed by atoms with van der Waals surface area (Å²) in [4.78, 5) is 0. The molecule has 0 aliphatic rings. The van der Waals surface area contributed by atoms with Gasteiger partial charge in [-0.1, -0.05) is 31.6 Å². The van der Waals surface area contributed by atoms with Gasteiger partial charge in [0.25, 0.3) is 0 Å². The molecule has 0 spiro atoms. The Morgan fingerprint density at radius 2 is 1.88 bits per heavy atom. The number of hydrogen-bond acceptors (Lipinski definition) is 2. The smallest absolute Gasteiger partial charge is 0.0383 e. The van der Waals surface area contributed by atoms with Crippen molar-refractivity contribution in [3.05, 3.63) is 24.0 Å². The topological polar surface area (TPSA) is 4.93 Å². The van der Waals surface area contributed by atoms with Gasteiger partial charge in [0.15, 0.2) is 0 Å². The van der Waals surface area contributed by atoms with E-state index < -0.39 is 0 Å². The number of hydrogen-bond donors (Lipinski definition) is 1. The highest BCUT2D eigenvalue weighted by Gasteiger charge is 2.18. The first-order valence-corrected chi connectivity index (χ1v) is 7.56. The molecule has 0 fully saturated rings. The minimum Gasteiger partial charge on any atom is -0.353 e. The molecule has 0 radical (unpaired) electrons. The number of aromatic nitrogens is 1. The Labute approximate surface area is 109 Å². The Balaban J connectivity index is 2.65. The standard InChI is InChI=1S/C13H23NS2/c1-12(2,3)8-11-6-7-14(9-11)10-13(4,5)16-15/h6-7,9,15H,8,10H2,1-5H3. The maximum atomic E-state index is 4.31. The van der Waals surface area contributed by atoms with Gasteiger partial charge in [-0.15, -0.1) is 11.7 Å². The fraction of sp³-hybridized carbons (Fsp3) is 0.692. The lowest BCUT2D eigenvalue weighted by Gasteiger charge is -2.21. The molecule has 3 heteroatoms. The van der Waals surface area contributed by atoms with Gasteiger partial charge in [0.1, 0.15) is 0 Å². The zero-order chi connectivity index (χ0) is 12.4. The van der Waals surface area contributed by atoms with Crippen LogP contribution < -0.4 is 0 Å². The van der Waals surface area contributed by atoms with E-state index in [1.54, 1.807) is 10.8 Å². The molecule has 1 nitrogen and oxygen atoms in total. The highest BCUT2D eigenvalue weighted by molar-refractivity contribution is 8.69. The van der Waals surface area contributed by atoms with Crippen molar-refractivity contribution in [3.63, 3.8) is 0 Å². The molecule has 0 saturated carbocycles. The molecule has 0 aromatic carbocycles. The summed E-state index contributed by atoms with van der Waals surface area (Å²) in [6.07, 6.45) is 5.57. The Morgan fingerprint density at radius 3 is 2.38 bits per heavy atom. The van der Waals surface area contributed by atoms with Crippen molar-refractivity contribution in [2.24, 2.45) is 5.41 Å². The quantitative estimate of drug-likeness (QED) is 0.618. The normalized spacial score (nSPS) is 13.1. The van der Waals surface area contributed by atoms with E-state index in [1.807, 2.05) is 0 Å². The Kier molecular flexibility index (Phi) is 4.47. The molecule has 0 unspecified atom stereocenters. The molecule has 92 valence electrons. The third-order valence-electron chi connectivity index (χ3n) is 2.36. The first-order chi connectivity index (χ1) is 7.22. The average Bonchev–Trinajstić information content (AvgIpc) is 2.48. The van der Waals surface area contributed by atoms with E-state index >= 15 is 0 Å². The van der Waals surface area contributed by atoms with Crippen molar-refractivity contribution in [2.45, 2.75) is 52.3 Å². The molecular weight excluding hydrogens is 234 g/mol. The highest BCUT2D eigenvalue weighted by Crippen LogP contribution is 2.29. The van der Waals surface area contributed by atoms with Crippen molar-refractivity contribution in [1.29, 1.82) is 0 Å². The van der Waals surface area contributed by atoms with Gasteiger partial charge in [-0.3, -0.25) is 0 Å². The number of nitrogens with zero attached hydrogens (tertiary/aromatic N) is 1. The average molecular weight is 257 g/mol. The van der Waals surface area contributed by atoms with E-state index in [0.717, 1.165) is 13.0 Å². The molecule has 0 aliphatic heterocycles. The molecule has 0 atom stereocenters. The van der Waals surface area contributed by atoms with Gasteiger partial charge < -0.3 is 4.57 Å². The summed E-state index contributed by atoms with van der Waals surface area (Å²) in [7, 11) is 1.62. The van der Waals surface area contributed by atoms with Crippen LogP contribution in [0.2, 0.25) is 0 Å². The summed E-state index contributed by atoms with van der Waals surface area (Å²) in [5.41, 5.74) is 1.78. The van der Waals surface area contributed by atoms with Gasteiger partial charge in [0, 0.05) is 23.7 Å². The fourth-order valence-corrected chi connectivity index (χ4v) is 2.15. The summed E-state index contributed by atoms with van der Waals surface area (Å²) in [5, 5.41) is 0. The first-order valence-electron chi connectivity index (χ1n) is 5.69. The molecule has 0 amide bonds. The van der Waals surface area contributed by atoms with Gasteiger partial charge in [0.2, 0.25) is 0 Å². The van der Waals surface area contributed by atoms with Crippen LogP contribution >= 0.6 is 22.5 Å². The minimum absolute atomic E-state index is 0.182. The van der Waals surface area contributed by atoms with Crippen LogP contribution in [0.25, 0.3) is 0 Å². The van der Waals surface area contributed by atoms with Gasteiger partial charge in [-0.05, 0) is 37.3 Å². The largest absolute Gasteiger partial charge is 0.353 e. The third-order valence-corrected chi connectivity index (χ3v) is 4.46. The van der Waals surface area contributed by atoms with Crippen LogP contribution in [-0.4, -0.2) is 9.31 Å².